The zero-order valence-corrected chi connectivity index (χ0v) is 12.1. The Kier molecular flexibility index (Phi) is 6.33. The predicted molar refractivity (Wildman–Crippen MR) is 79.7 cm³/mol. The van der Waals surface area contributed by atoms with E-state index in [9.17, 15) is 10.1 Å². The molecular formula is C15H24N2O2. The minimum atomic E-state index is -0.340. The standard InChI is InChI=1S/C15H24N2O2/c1-4-5-6-7-8-13(3)16-14-9-10-15(17(18)19)12(2)11-14/h9-11,13,16H,4-8H2,1-3H3. The van der Waals surface area contributed by atoms with Gasteiger partial charge in [-0.2, -0.15) is 0 Å². The van der Waals surface area contributed by atoms with Crippen LogP contribution in [0.3, 0.4) is 0 Å². The van der Waals surface area contributed by atoms with Gasteiger partial charge in [-0.25, -0.2) is 0 Å². The van der Waals surface area contributed by atoms with Crippen LogP contribution >= 0.6 is 0 Å². The van der Waals surface area contributed by atoms with Crippen molar-refractivity contribution in [3.63, 3.8) is 0 Å². The highest BCUT2D eigenvalue weighted by Crippen LogP contribution is 2.22. The van der Waals surface area contributed by atoms with Crippen LogP contribution in [-0.4, -0.2) is 11.0 Å². The first-order valence-corrected chi connectivity index (χ1v) is 7.06. The van der Waals surface area contributed by atoms with Gasteiger partial charge in [-0.3, -0.25) is 10.1 Å². The molecule has 1 N–H and O–H groups in total. The molecule has 0 spiro atoms. The van der Waals surface area contributed by atoms with Gasteiger partial charge in [0.1, 0.15) is 0 Å². The highest BCUT2D eigenvalue weighted by atomic mass is 16.6. The lowest BCUT2D eigenvalue weighted by Gasteiger charge is -2.15. The van der Waals surface area contributed by atoms with Crippen LogP contribution in [0.2, 0.25) is 0 Å². The van der Waals surface area contributed by atoms with Crippen LogP contribution in [0.5, 0.6) is 0 Å². The molecule has 0 aliphatic carbocycles. The minimum Gasteiger partial charge on any atom is -0.383 e. The maximum atomic E-state index is 10.7. The molecule has 0 fully saturated rings. The molecule has 0 amide bonds. The molecule has 0 bridgehead atoms. The number of aryl methyl sites for hydroxylation is 1. The number of nitrogens with one attached hydrogen (secondary N) is 1. The van der Waals surface area contributed by atoms with Crippen molar-refractivity contribution in [1.29, 1.82) is 0 Å². The lowest BCUT2D eigenvalue weighted by atomic mass is 10.1. The molecule has 106 valence electrons. The number of unbranched alkanes of at least 4 members (excludes halogenated alkanes) is 3. The number of nitrogens with zero attached hydrogens (tertiary/aromatic N) is 1. The Morgan fingerprint density at radius 3 is 2.63 bits per heavy atom. The maximum absolute atomic E-state index is 10.7. The molecule has 19 heavy (non-hydrogen) atoms. The number of hydrogen-bond donors (Lipinski definition) is 1. The summed E-state index contributed by atoms with van der Waals surface area (Å²) in [6.07, 6.45) is 6.19. The number of benzene rings is 1. The van der Waals surface area contributed by atoms with Crippen LogP contribution in [0.4, 0.5) is 11.4 Å². The van der Waals surface area contributed by atoms with E-state index in [1.165, 1.54) is 25.7 Å². The van der Waals surface area contributed by atoms with E-state index in [0.29, 0.717) is 11.6 Å². The van der Waals surface area contributed by atoms with E-state index in [0.717, 1.165) is 12.1 Å². The Labute approximate surface area is 115 Å². The van der Waals surface area contributed by atoms with Gasteiger partial charge in [0.25, 0.3) is 5.69 Å². The quantitative estimate of drug-likeness (QED) is 0.421. The van der Waals surface area contributed by atoms with Gasteiger partial charge in [0.05, 0.1) is 4.92 Å². The van der Waals surface area contributed by atoms with E-state index in [-0.39, 0.29) is 10.6 Å². The largest absolute Gasteiger partial charge is 0.383 e. The van der Waals surface area contributed by atoms with Gasteiger partial charge in [-0.15, -0.1) is 0 Å². The van der Waals surface area contributed by atoms with Crippen LogP contribution < -0.4 is 5.32 Å². The van der Waals surface area contributed by atoms with Gasteiger partial charge in [0.15, 0.2) is 0 Å². The molecule has 1 aromatic rings. The molecule has 4 heteroatoms. The second kappa shape index (κ2) is 7.77. The zero-order valence-electron chi connectivity index (χ0n) is 12.1. The molecule has 1 atom stereocenters. The summed E-state index contributed by atoms with van der Waals surface area (Å²) in [5, 5.41) is 14.1. The maximum Gasteiger partial charge on any atom is 0.272 e. The summed E-state index contributed by atoms with van der Waals surface area (Å²) >= 11 is 0. The normalized spacial score (nSPS) is 12.2. The number of nitro groups is 1. The van der Waals surface area contributed by atoms with Crippen molar-refractivity contribution in [2.24, 2.45) is 0 Å². The third kappa shape index (κ3) is 5.28. The number of nitro benzene ring substituents is 1. The molecule has 1 unspecified atom stereocenters. The van der Waals surface area contributed by atoms with Gasteiger partial charge in [-0.05, 0) is 32.4 Å². The zero-order chi connectivity index (χ0) is 14.3. The molecule has 0 aliphatic heterocycles. The Balaban J connectivity index is 2.48. The van der Waals surface area contributed by atoms with E-state index in [2.05, 4.69) is 19.2 Å². The van der Waals surface area contributed by atoms with E-state index in [1.54, 1.807) is 19.1 Å². The fourth-order valence-electron chi connectivity index (χ4n) is 2.18. The van der Waals surface area contributed by atoms with Gasteiger partial charge >= 0.3 is 0 Å². The summed E-state index contributed by atoms with van der Waals surface area (Å²) in [5.41, 5.74) is 1.85. The summed E-state index contributed by atoms with van der Waals surface area (Å²) < 4.78 is 0. The van der Waals surface area contributed by atoms with Crippen molar-refractivity contribution in [2.45, 2.75) is 58.9 Å². The second-order valence-electron chi connectivity index (χ2n) is 5.15. The molecule has 0 saturated heterocycles. The number of rotatable bonds is 8. The molecule has 1 aromatic carbocycles. The highest BCUT2D eigenvalue weighted by molar-refractivity contribution is 5.53. The Morgan fingerprint density at radius 2 is 2.05 bits per heavy atom. The number of anilines is 1. The average Bonchev–Trinajstić information content (AvgIpc) is 2.34. The molecule has 4 nitrogen and oxygen atoms in total. The second-order valence-corrected chi connectivity index (χ2v) is 5.15. The van der Waals surface area contributed by atoms with E-state index in [4.69, 9.17) is 0 Å². The first kappa shape index (κ1) is 15.5. The summed E-state index contributed by atoms with van der Waals surface area (Å²) in [4.78, 5) is 10.4. The molecule has 0 radical (unpaired) electrons. The predicted octanol–water partition coefficient (Wildman–Crippen LogP) is 4.67. The summed E-state index contributed by atoms with van der Waals surface area (Å²) in [7, 11) is 0. The first-order valence-electron chi connectivity index (χ1n) is 7.06. The van der Waals surface area contributed by atoms with Crippen molar-refractivity contribution >= 4 is 11.4 Å². The SMILES string of the molecule is CCCCCCC(C)Nc1ccc([N+](=O)[O-])c(C)c1. The van der Waals surface area contributed by atoms with Crippen LogP contribution in [0.15, 0.2) is 18.2 Å². The number of hydrogen-bond acceptors (Lipinski definition) is 3. The molecule has 0 aromatic heterocycles. The smallest absolute Gasteiger partial charge is 0.272 e. The first-order chi connectivity index (χ1) is 9.04. The molecule has 0 saturated carbocycles. The van der Waals surface area contributed by atoms with Crippen LogP contribution in [0.1, 0.15) is 51.5 Å². The van der Waals surface area contributed by atoms with Gasteiger partial charge in [0, 0.05) is 23.4 Å². The molecule has 0 heterocycles. The molecular weight excluding hydrogens is 240 g/mol. The van der Waals surface area contributed by atoms with Crippen molar-refractivity contribution < 1.29 is 4.92 Å². The highest BCUT2D eigenvalue weighted by Gasteiger charge is 2.10. The van der Waals surface area contributed by atoms with Crippen molar-refractivity contribution in [3.05, 3.63) is 33.9 Å². The van der Waals surface area contributed by atoms with Crippen LogP contribution in [0, 0.1) is 17.0 Å². The van der Waals surface area contributed by atoms with Crippen LogP contribution in [0.25, 0.3) is 0 Å². The minimum absolute atomic E-state index is 0.182. The summed E-state index contributed by atoms with van der Waals surface area (Å²) in [5.74, 6) is 0. The van der Waals surface area contributed by atoms with Gasteiger partial charge < -0.3 is 5.32 Å². The third-order valence-corrected chi connectivity index (χ3v) is 3.30. The molecule has 1 rings (SSSR count). The fraction of sp³-hybridized carbons (Fsp3) is 0.600. The lowest BCUT2D eigenvalue weighted by Crippen LogP contribution is -2.15. The fourth-order valence-corrected chi connectivity index (χ4v) is 2.18. The molecule has 0 aliphatic rings. The van der Waals surface area contributed by atoms with Gasteiger partial charge in [-0.1, -0.05) is 32.6 Å². The van der Waals surface area contributed by atoms with E-state index < -0.39 is 0 Å². The van der Waals surface area contributed by atoms with Crippen LogP contribution in [-0.2, 0) is 0 Å². The summed E-state index contributed by atoms with van der Waals surface area (Å²) in [6, 6.07) is 5.60. The lowest BCUT2D eigenvalue weighted by molar-refractivity contribution is -0.385. The Hall–Kier alpha value is -1.58. The van der Waals surface area contributed by atoms with Gasteiger partial charge in [0.2, 0.25) is 0 Å². The topological polar surface area (TPSA) is 55.2 Å². The third-order valence-electron chi connectivity index (χ3n) is 3.30. The van der Waals surface area contributed by atoms with Crippen molar-refractivity contribution in [1.82, 2.24) is 0 Å². The monoisotopic (exact) mass is 264 g/mol. The van der Waals surface area contributed by atoms with Crippen molar-refractivity contribution in [2.75, 3.05) is 5.32 Å². The Bertz CT molecular complexity index is 419. The van der Waals surface area contributed by atoms with E-state index >= 15 is 0 Å². The average molecular weight is 264 g/mol. The van der Waals surface area contributed by atoms with Crippen molar-refractivity contribution in [3.8, 4) is 0 Å². The Morgan fingerprint density at radius 1 is 1.32 bits per heavy atom. The van der Waals surface area contributed by atoms with E-state index in [1.807, 2.05) is 6.07 Å². The summed E-state index contributed by atoms with van der Waals surface area (Å²) in [6.45, 7) is 6.14.